The minimum atomic E-state index is -0.419. The van der Waals surface area contributed by atoms with Gasteiger partial charge in [-0.1, -0.05) is 29.3 Å². The number of hydrogen-bond donors (Lipinski definition) is 4. The van der Waals surface area contributed by atoms with Gasteiger partial charge in [-0.15, -0.1) is 0 Å². The molecule has 8 heteroatoms. The Balaban J connectivity index is 2.16. The van der Waals surface area contributed by atoms with E-state index in [-0.39, 0.29) is 15.6 Å². The Kier molecular flexibility index (Phi) is 6.06. The zero-order chi connectivity index (χ0) is 17.5. The predicted molar refractivity (Wildman–Crippen MR) is 97.9 cm³/mol. The average Bonchev–Trinajstić information content (AvgIpc) is 2.53. The highest BCUT2D eigenvalue weighted by molar-refractivity contribution is 6.40. The van der Waals surface area contributed by atoms with E-state index in [0.717, 1.165) is 0 Å². The number of carbonyl (C=O) groups excluding carboxylic acids is 1. The number of carbonyl (C=O) groups is 1. The maximum Gasteiger partial charge on any atom is 0.258 e. The highest BCUT2D eigenvalue weighted by Crippen LogP contribution is 2.25. The van der Waals surface area contributed by atoms with Crippen LogP contribution in [0, 0.1) is 0 Å². The van der Waals surface area contributed by atoms with E-state index in [0.29, 0.717) is 17.3 Å². The van der Waals surface area contributed by atoms with E-state index < -0.39 is 5.91 Å². The van der Waals surface area contributed by atoms with Crippen LogP contribution in [0.25, 0.3) is 0 Å². The number of pyridine rings is 1. The van der Waals surface area contributed by atoms with E-state index >= 15 is 0 Å². The molecule has 0 bridgehead atoms. The summed E-state index contributed by atoms with van der Waals surface area (Å²) < 4.78 is 0. The maximum atomic E-state index is 12.4. The van der Waals surface area contributed by atoms with Crippen LogP contribution in [0.4, 0.5) is 11.5 Å². The van der Waals surface area contributed by atoms with Gasteiger partial charge in [0.25, 0.3) is 5.91 Å². The summed E-state index contributed by atoms with van der Waals surface area (Å²) in [4.78, 5) is 16.5. The van der Waals surface area contributed by atoms with E-state index in [1.54, 1.807) is 42.5 Å². The zero-order valence-corrected chi connectivity index (χ0v) is 14.0. The van der Waals surface area contributed by atoms with Gasteiger partial charge < -0.3 is 22.1 Å². The lowest BCUT2D eigenvalue weighted by atomic mass is 10.2. The number of amides is 1. The van der Waals surface area contributed by atoms with Gasteiger partial charge in [0.15, 0.2) is 0 Å². The number of nitrogens with two attached hydrogens (primary N) is 2. The number of anilines is 2. The van der Waals surface area contributed by atoms with E-state index in [1.165, 1.54) is 12.4 Å². The van der Waals surface area contributed by atoms with Crippen molar-refractivity contribution in [2.75, 3.05) is 10.6 Å². The molecule has 1 heterocycles. The van der Waals surface area contributed by atoms with Crippen molar-refractivity contribution >= 4 is 40.6 Å². The molecule has 124 valence electrons. The summed E-state index contributed by atoms with van der Waals surface area (Å²) >= 11 is 12.1. The molecule has 6 nitrogen and oxygen atoms in total. The molecule has 24 heavy (non-hydrogen) atoms. The van der Waals surface area contributed by atoms with Crippen LogP contribution in [0.2, 0.25) is 10.0 Å². The third-order valence-electron chi connectivity index (χ3n) is 2.87. The van der Waals surface area contributed by atoms with E-state index in [1.807, 2.05) is 0 Å². The number of nitrogens with one attached hydrogen (secondary N) is 2. The molecule has 0 aliphatic rings. The number of halogens is 2. The number of aromatic nitrogens is 1. The Morgan fingerprint density at radius 1 is 1.17 bits per heavy atom. The molecule has 0 aliphatic heterocycles. The highest BCUT2D eigenvalue weighted by Gasteiger charge is 2.14. The second-order valence-corrected chi connectivity index (χ2v) is 5.43. The molecule has 0 atom stereocenters. The molecule has 0 unspecified atom stereocenters. The largest absolute Gasteiger partial charge is 0.405 e. The Morgan fingerprint density at radius 3 is 2.54 bits per heavy atom. The number of nitrogens with zero attached hydrogens (tertiary/aromatic N) is 1. The normalized spacial score (nSPS) is 11.5. The van der Waals surface area contributed by atoms with Crippen molar-refractivity contribution in [1.29, 1.82) is 0 Å². The number of rotatable bonds is 5. The quantitative estimate of drug-likeness (QED) is 0.609. The summed E-state index contributed by atoms with van der Waals surface area (Å²) in [6, 6.07) is 8.11. The summed E-state index contributed by atoms with van der Waals surface area (Å²) in [5.74, 6) is 0.386. The van der Waals surface area contributed by atoms with Gasteiger partial charge in [0.05, 0.1) is 15.6 Å². The smallest absolute Gasteiger partial charge is 0.258 e. The van der Waals surface area contributed by atoms with Crippen LogP contribution >= 0.6 is 23.2 Å². The molecule has 0 saturated heterocycles. The highest BCUT2D eigenvalue weighted by atomic mass is 35.5. The van der Waals surface area contributed by atoms with Gasteiger partial charge in [-0.2, -0.15) is 0 Å². The van der Waals surface area contributed by atoms with Crippen LogP contribution in [0.5, 0.6) is 0 Å². The fourth-order valence-electron chi connectivity index (χ4n) is 1.83. The first-order chi connectivity index (χ1) is 11.5. The average molecular weight is 364 g/mol. The van der Waals surface area contributed by atoms with E-state index in [4.69, 9.17) is 34.7 Å². The molecule has 0 spiro atoms. The van der Waals surface area contributed by atoms with Gasteiger partial charge in [-0.05, 0) is 36.6 Å². The fraction of sp³-hybridized carbons (Fsp3) is 0. The monoisotopic (exact) mass is 363 g/mol. The molecule has 0 fully saturated rings. The van der Waals surface area contributed by atoms with E-state index in [2.05, 4.69) is 15.6 Å². The van der Waals surface area contributed by atoms with Crippen molar-refractivity contribution in [3.8, 4) is 0 Å². The second kappa shape index (κ2) is 8.24. The summed E-state index contributed by atoms with van der Waals surface area (Å²) in [5.41, 5.74) is 11.7. The number of hydrogen-bond acceptors (Lipinski definition) is 5. The summed E-state index contributed by atoms with van der Waals surface area (Å²) in [7, 11) is 0. The lowest BCUT2D eigenvalue weighted by molar-refractivity contribution is 0.102. The molecule has 1 amide bonds. The molecule has 1 aromatic carbocycles. The van der Waals surface area contributed by atoms with Gasteiger partial charge in [-0.3, -0.25) is 4.79 Å². The van der Waals surface area contributed by atoms with E-state index in [9.17, 15) is 4.79 Å². The Bertz CT molecular complexity index is 785. The van der Waals surface area contributed by atoms with Gasteiger partial charge in [0, 0.05) is 18.0 Å². The van der Waals surface area contributed by atoms with Gasteiger partial charge in [0.2, 0.25) is 0 Å². The lowest BCUT2D eigenvalue weighted by Gasteiger charge is -2.10. The zero-order valence-electron chi connectivity index (χ0n) is 12.5. The molecular formula is C16H15Cl2N5O. The maximum absolute atomic E-state index is 12.4. The Labute approximate surface area is 149 Å². The number of allylic oxidation sites excluding steroid dienone is 2. The minimum absolute atomic E-state index is 0.208. The van der Waals surface area contributed by atoms with Gasteiger partial charge in [-0.25, -0.2) is 4.98 Å². The number of benzene rings is 1. The minimum Gasteiger partial charge on any atom is -0.405 e. The van der Waals surface area contributed by atoms with Crippen LogP contribution in [0.1, 0.15) is 10.4 Å². The molecule has 0 radical (unpaired) electrons. The molecule has 2 aromatic rings. The van der Waals surface area contributed by atoms with Gasteiger partial charge in [0.1, 0.15) is 11.6 Å². The van der Waals surface area contributed by atoms with Crippen molar-refractivity contribution < 1.29 is 4.79 Å². The standard InChI is InChI=1S/C16H15Cl2N5O/c17-11-3-1-4-12(18)15(11)16(24)22-10-6-8-21-14(9-10)23-13(20)5-2-7-19/h1-9H,19-20H2,(H2,21,22,23,24)/b7-2-,13-5+. The van der Waals surface area contributed by atoms with Crippen LogP contribution in [-0.4, -0.2) is 10.9 Å². The first-order valence-electron chi connectivity index (χ1n) is 6.83. The lowest BCUT2D eigenvalue weighted by Crippen LogP contribution is -2.14. The molecular weight excluding hydrogens is 349 g/mol. The van der Waals surface area contributed by atoms with Crippen LogP contribution in [0.15, 0.2) is 60.7 Å². The van der Waals surface area contributed by atoms with Crippen molar-refractivity contribution in [3.05, 3.63) is 76.3 Å². The second-order valence-electron chi connectivity index (χ2n) is 4.61. The van der Waals surface area contributed by atoms with Crippen LogP contribution in [-0.2, 0) is 0 Å². The van der Waals surface area contributed by atoms with Crippen LogP contribution in [0.3, 0.4) is 0 Å². The van der Waals surface area contributed by atoms with Crippen molar-refractivity contribution in [2.45, 2.75) is 0 Å². The Hall–Kier alpha value is -2.70. The SMILES string of the molecule is N/C=C\C=C(/N)Nc1cc(NC(=O)c2c(Cl)cccc2Cl)ccn1. The van der Waals surface area contributed by atoms with Gasteiger partial charge >= 0.3 is 0 Å². The first-order valence-corrected chi connectivity index (χ1v) is 7.59. The third kappa shape index (κ3) is 4.65. The molecule has 6 N–H and O–H groups in total. The molecule has 2 rings (SSSR count). The van der Waals surface area contributed by atoms with Crippen molar-refractivity contribution in [2.24, 2.45) is 11.5 Å². The summed E-state index contributed by atoms with van der Waals surface area (Å²) in [6.45, 7) is 0. The molecule has 0 aliphatic carbocycles. The molecule has 1 aromatic heterocycles. The van der Waals surface area contributed by atoms with Crippen molar-refractivity contribution in [1.82, 2.24) is 4.98 Å². The predicted octanol–water partition coefficient (Wildman–Crippen LogP) is 3.33. The molecule has 0 saturated carbocycles. The summed E-state index contributed by atoms with van der Waals surface area (Å²) in [5, 5.41) is 6.13. The van der Waals surface area contributed by atoms with Crippen LogP contribution < -0.4 is 22.1 Å². The van der Waals surface area contributed by atoms with Crippen molar-refractivity contribution in [3.63, 3.8) is 0 Å². The fourth-order valence-corrected chi connectivity index (χ4v) is 2.40. The third-order valence-corrected chi connectivity index (χ3v) is 3.50. The Morgan fingerprint density at radius 2 is 1.88 bits per heavy atom. The topological polar surface area (TPSA) is 106 Å². The summed E-state index contributed by atoms with van der Waals surface area (Å²) in [6.07, 6.45) is 6.04. The first kappa shape index (κ1) is 17.7.